The highest BCUT2D eigenvalue weighted by Crippen LogP contribution is 2.28. The number of nitrogens with two attached hydrogens (primary N) is 1. The lowest BCUT2D eigenvalue weighted by Gasteiger charge is -2.25. The molecule has 0 bridgehead atoms. The smallest absolute Gasteiger partial charge is 0.337 e. The van der Waals surface area contributed by atoms with Crippen LogP contribution in [-0.4, -0.2) is 35.9 Å². The van der Waals surface area contributed by atoms with Crippen LogP contribution in [-0.2, 0) is 0 Å². The highest BCUT2D eigenvalue weighted by atomic mass is 16.4. The summed E-state index contributed by atoms with van der Waals surface area (Å²) in [6.07, 6.45) is 0.585. The van der Waals surface area contributed by atoms with Crippen molar-refractivity contribution in [1.29, 1.82) is 0 Å². The van der Waals surface area contributed by atoms with E-state index >= 15 is 0 Å². The Morgan fingerprint density at radius 3 is 2.71 bits per heavy atom. The average molecular weight is 238 g/mol. The van der Waals surface area contributed by atoms with Crippen molar-refractivity contribution < 1.29 is 15.0 Å². The van der Waals surface area contributed by atoms with Crippen molar-refractivity contribution in [2.45, 2.75) is 13.3 Å². The molecule has 5 heteroatoms. The number of carboxylic acid groups (broad SMARTS) is 1. The number of aliphatic hydroxyl groups is 1. The minimum Gasteiger partial charge on any atom is -0.478 e. The predicted molar refractivity (Wildman–Crippen MR) is 67.4 cm³/mol. The molecule has 1 aromatic rings. The topological polar surface area (TPSA) is 86.8 Å². The molecule has 0 fully saturated rings. The van der Waals surface area contributed by atoms with Crippen molar-refractivity contribution in [1.82, 2.24) is 0 Å². The second-order valence-corrected chi connectivity index (χ2v) is 3.71. The molecule has 1 aromatic carbocycles. The standard InChI is InChI=1S/C12H18N2O3/c1-2-14(7-4-8-15)11-9(12(16)17)5-3-6-10(11)13/h3,5-6,15H,2,4,7-8,13H2,1H3,(H,16,17). The number of hydrogen-bond acceptors (Lipinski definition) is 4. The number of aliphatic hydroxyl groups excluding tert-OH is 1. The number of rotatable bonds is 6. The molecule has 94 valence electrons. The summed E-state index contributed by atoms with van der Waals surface area (Å²) in [4.78, 5) is 13.0. The Hall–Kier alpha value is -1.75. The maximum absolute atomic E-state index is 11.1. The van der Waals surface area contributed by atoms with Gasteiger partial charge in [-0.2, -0.15) is 0 Å². The zero-order valence-electron chi connectivity index (χ0n) is 9.89. The first-order chi connectivity index (χ1) is 8.11. The Kier molecular flexibility index (Phi) is 4.78. The van der Waals surface area contributed by atoms with E-state index in [2.05, 4.69) is 0 Å². The minimum atomic E-state index is -0.991. The van der Waals surface area contributed by atoms with Gasteiger partial charge in [-0.25, -0.2) is 4.79 Å². The van der Waals surface area contributed by atoms with Crippen LogP contribution in [0.15, 0.2) is 18.2 Å². The lowest BCUT2D eigenvalue weighted by atomic mass is 10.1. The molecule has 0 spiro atoms. The van der Waals surface area contributed by atoms with Gasteiger partial charge in [0.15, 0.2) is 0 Å². The average Bonchev–Trinajstić information content (AvgIpc) is 2.31. The number of nitrogens with zero attached hydrogens (tertiary/aromatic N) is 1. The van der Waals surface area contributed by atoms with E-state index in [9.17, 15) is 4.79 Å². The van der Waals surface area contributed by atoms with Gasteiger partial charge >= 0.3 is 5.97 Å². The zero-order chi connectivity index (χ0) is 12.8. The van der Waals surface area contributed by atoms with Gasteiger partial charge in [-0.05, 0) is 25.5 Å². The quantitative estimate of drug-likeness (QED) is 0.648. The number of nitrogen functional groups attached to an aromatic ring is 1. The summed E-state index contributed by atoms with van der Waals surface area (Å²) in [7, 11) is 0. The number of benzene rings is 1. The van der Waals surface area contributed by atoms with Crippen LogP contribution in [0.5, 0.6) is 0 Å². The number of aromatic carboxylic acids is 1. The van der Waals surface area contributed by atoms with Crippen LogP contribution >= 0.6 is 0 Å². The second-order valence-electron chi connectivity index (χ2n) is 3.71. The van der Waals surface area contributed by atoms with Crippen molar-refractivity contribution in [3.8, 4) is 0 Å². The van der Waals surface area contributed by atoms with Crippen LogP contribution in [0, 0.1) is 0 Å². The molecule has 0 atom stereocenters. The van der Waals surface area contributed by atoms with Gasteiger partial charge < -0.3 is 20.8 Å². The van der Waals surface area contributed by atoms with Crippen molar-refractivity contribution in [2.24, 2.45) is 0 Å². The third kappa shape index (κ3) is 3.10. The van der Waals surface area contributed by atoms with Gasteiger partial charge in [-0.3, -0.25) is 0 Å². The second kappa shape index (κ2) is 6.10. The van der Waals surface area contributed by atoms with Gasteiger partial charge in [0.25, 0.3) is 0 Å². The molecule has 0 aliphatic rings. The van der Waals surface area contributed by atoms with Crippen LogP contribution in [0.2, 0.25) is 0 Å². The fraction of sp³-hybridized carbons (Fsp3) is 0.417. The molecule has 0 saturated carbocycles. The largest absolute Gasteiger partial charge is 0.478 e. The Morgan fingerprint density at radius 2 is 2.18 bits per heavy atom. The predicted octanol–water partition coefficient (Wildman–Crippen LogP) is 1.18. The Labute approximate surface area is 100 Å². The van der Waals surface area contributed by atoms with Gasteiger partial charge in [0.1, 0.15) is 0 Å². The van der Waals surface area contributed by atoms with E-state index < -0.39 is 5.97 Å². The molecule has 0 heterocycles. The van der Waals surface area contributed by atoms with Crippen LogP contribution in [0.25, 0.3) is 0 Å². The van der Waals surface area contributed by atoms with Crippen LogP contribution < -0.4 is 10.6 Å². The van der Waals surface area contributed by atoms with Gasteiger partial charge in [0, 0.05) is 19.7 Å². The SMILES string of the molecule is CCN(CCCO)c1c(N)cccc1C(=O)O. The summed E-state index contributed by atoms with van der Waals surface area (Å²) >= 11 is 0. The maximum Gasteiger partial charge on any atom is 0.337 e. The van der Waals surface area contributed by atoms with Crippen LogP contribution in [0.1, 0.15) is 23.7 Å². The monoisotopic (exact) mass is 238 g/mol. The normalized spacial score (nSPS) is 10.2. The first-order valence-corrected chi connectivity index (χ1v) is 5.59. The van der Waals surface area contributed by atoms with Gasteiger partial charge in [0.05, 0.1) is 16.9 Å². The molecular formula is C12H18N2O3. The first kappa shape index (κ1) is 13.3. The highest BCUT2D eigenvalue weighted by Gasteiger charge is 2.17. The summed E-state index contributed by atoms with van der Waals surface area (Å²) in [5.74, 6) is -0.991. The highest BCUT2D eigenvalue weighted by molar-refractivity contribution is 5.97. The number of para-hydroxylation sites is 1. The van der Waals surface area contributed by atoms with Gasteiger partial charge in [-0.1, -0.05) is 6.07 Å². The molecule has 4 N–H and O–H groups in total. The Bertz CT molecular complexity index is 393. The molecule has 0 radical (unpaired) electrons. The Morgan fingerprint density at radius 1 is 1.47 bits per heavy atom. The molecule has 1 rings (SSSR count). The van der Waals surface area contributed by atoms with Gasteiger partial charge in [-0.15, -0.1) is 0 Å². The molecule has 0 amide bonds. The molecule has 17 heavy (non-hydrogen) atoms. The van der Waals surface area contributed by atoms with E-state index in [0.717, 1.165) is 0 Å². The molecular weight excluding hydrogens is 220 g/mol. The number of carbonyl (C=O) groups is 1. The van der Waals surface area contributed by atoms with E-state index in [1.165, 1.54) is 6.07 Å². The third-order valence-electron chi connectivity index (χ3n) is 2.58. The van der Waals surface area contributed by atoms with E-state index in [1.54, 1.807) is 12.1 Å². The van der Waals surface area contributed by atoms with Crippen molar-refractivity contribution in [2.75, 3.05) is 30.3 Å². The summed E-state index contributed by atoms with van der Waals surface area (Å²) in [5, 5.41) is 18.0. The van der Waals surface area contributed by atoms with Gasteiger partial charge in [0.2, 0.25) is 0 Å². The summed E-state index contributed by atoms with van der Waals surface area (Å²) in [6, 6.07) is 4.85. The first-order valence-electron chi connectivity index (χ1n) is 5.59. The van der Waals surface area contributed by atoms with E-state index in [4.69, 9.17) is 15.9 Å². The lowest BCUT2D eigenvalue weighted by Crippen LogP contribution is -2.27. The summed E-state index contributed by atoms with van der Waals surface area (Å²) in [6.45, 7) is 3.23. The molecule has 0 aliphatic heterocycles. The van der Waals surface area contributed by atoms with Crippen molar-refractivity contribution >= 4 is 17.3 Å². The number of hydrogen-bond donors (Lipinski definition) is 3. The Balaban J connectivity index is 3.11. The van der Waals surface area contributed by atoms with Crippen LogP contribution in [0.3, 0.4) is 0 Å². The summed E-state index contributed by atoms with van der Waals surface area (Å²) in [5.41, 5.74) is 7.03. The molecule has 0 aromatic heterocycles. The molecule has 0 saturated heterocycles. The summed E-state index contributed by atoms with van der Waals surface area (Å²) < 4.78 is 0. The van der Waals surface area contributed by atoms with E-state index in [0.29, 0.717) is 30.9 Å². The van der Waals surface area contributed by atoms with E-state index in [1.807, 2.05) is 11.8 Å². The molecule has 5 nitrogen and oxygen atoms in total. The zero-order valence-corrected chi connectivity index (χ0v) is 9.89. The number of carboxylic acids is 1. The molecule has 0 aliphatic carbocycles. The van der Waals surface area contributed by atoms with Crippen molar-refractivity contribution in [3.05, 3.63) is 23.8 Å². The third-order valence-corrected chi connectivity index (χ3v) is 2.58. The maximum atomic E-state index is 11.1. The van der Waals surface area contributed by atoms with Crippen molar-refractivity contribution in [3.63, 3.8) is 0 Å². The molecule has 0 unspecified atom stereocenters. The fourth-order valence-electron chi connectivity index (χ4n) is 1.78. The van der Waals surface area contributed by atoms with E-state index in [-0.39, 0.29) is 12.2 Å². The lowest BCUT2D eigenvalue weighted by molar-refractivity contribution is 0.0697. The van der Waals surface area contributed by atoms with Crippen LogP contribution in [0.4, 0.5) is 11.4 Å². The number of anilines is 2. The minimum absolute atomic E-state index is 0.0750. The fourth-order valence-corrected chi connectivity index (χ4v) is 1.78.